The molecule has 0 saturated carbocycles. The van der Waals surface area contributed by atoms with Crippen molar-refractivity contribution in [3.05, 3.63) is 12.3 Å². The van der Waals surface area contributed by atoms with Gasteiger partial charge in [-0.05, 0) is 56.7 Å². The number of rotatable bonds is 2. The first-order valence-electron chi connectivity index (χ1n) is 8.96. The van der Waals surface area contributed by atoms with Crippen LogP contribution in [0.15, 0.2) is 12.3 Å². The lowest BCUT2D eigenvalue weighted by molar-refractivity contribution is 0.145. The van der Waals surface area contributed by atoms with E-state index in [1.807, 2.05) is 12.3 Å². The smallest absolute Gasteiger partial charge is 0.227 e. The molecule has 4 heterocycles. The topological polar surface area (TPSA) is 64.5 Å². The number of aliphatic hydroxyl groups excluding tert-OH is 1. The average molecular weight is 390 g/mol. The second-order valence-electron chi connectivity index (χ2n) is 7.35. The molecule has 1 aromatic rings. The van der Waals surface area contributed by atoms with Crippen LogP contribution in [0.3, 0.4) is 0 Å². The monoisotopic (exact) mass is 389 g/mol. The third kappa shape index (κ3) is 4.48. The molecule has 1 aromatic heterocycles. The Labute approximate surface area is 162 Å². The fourth-order valence-corrected chi connectivity index (χ4v) is 4.23. The first-order valence-corrected chi connectivity index (χ1v) is 8.96. The Kier molecular flexibility index (Phi) is 7.14. The van der Waals surface area contributed by atoms with Gasteiger partial charge >= 0.3 is 0 Å². The SMILES string of the molecule is Cl.Cl.OC1CCN(c2ccnc(N3CCC4(CCNCC4)C3)n2)CC1. The van der Waals surface area contributed by atoms with Crippen LogP contribution >= 0.6 is 24.8 Å². The highest BCUT2D eigenvalue weighted by atomic mass is 35.5. The van der Waals surface area contributed by atoms with E-state index in [-0.39, 0.29) is 30.9 Å². The third-order valence-electron chi connectivity index (χ3n) is 5.80. The lowest BCUT2D eigenvalue weighted by Gasteiger charge is -2.34. The minimum atomic E-state index is -0.147. The maximum absolute atomic E-state index is 9.67. The highest BCUT2D eigenvalue weighted by molar-refractivity contribution is 5.85. The molecule has 3 aliphatic heterocycles. The average Bonchev–Trinajstić information content (AvgIpc) is 3.00. The van der Waals surface area contributed by atoms with Gasteiger partial charge in [0.05, 0.1) is 6.10 Å². The molecule has 142 valence electrons. The number of hydrogen-bond acceptors (Lipinski definition) is 6. The van der Waals surface area contributed by atoms with E-state index in [0.29, 0.717) is 5.41 Å². The summed E-state index contributed by atoms with van der Waals surface area (Å²) >= 11 is 0. The Morgan fingerprint density at radius 3 is 2.48 bits per heavy atom. The maximum Gasteiger partial charge on any atom is 0.227 e. The number of nitrogens with zero attached hydrogens (tertiary/aromatic N) is 4. The molecule has 3 saturated heterocycles. The Hall–Kier alpha value is -0.820. The molecule has 0 aliphatic carbocycles. The minimum absolute atomic E-state index is 0. The van der Waals surface area contributed by atoms with E-state index in [4.69, 9.17) is 4.98 Å². The second-order valence-corrected chi connectivity index (χ2v) is 7.35. The number of anilines is 2. The predicted octanol–water partition coefficient (Wildman–Crippen LogP) is 1.86. The van der Waals surface area contributed by atoms with E-state index in [1.54, 1.807) is 0 Å². The fraction of sp³-hybridized carbons (Fsp3) is 0.765. The van der Waals surface area contributed by atoms with Gasteiger partial charge in [-0.25, -0.2) is 4.98 Å². The Morgan fingerprint density at radius 1 is 1.04 bits per heavy atom. The van der Waals surface area contributed by atoms with Crippen molar-refractivity contribution in [2.45, 2.75) is 38.2 Å². The summed E-state index contributed by atoms with van der Waals surface area (Å²) in [5.41, 5.74) is 0.472. The minimum Gasteiger partial charge on any atom is -0.393 e. The Balaban J connectivity index is 0.00000113. The van der Waals surface area contributed by atoms with Crippen molar-refractivity contribution in [2.24, 2.45) is 5.41 Å². The summed E-state index contributed by atoms with van der Waals surface area (Å²) in [5.74, 6) is 1.89. The maximum atomic E-state index is 9.67. The van der Waals surface area contributed by atoms with Gasteiger partial charge in [0.15, 0.2) is 0 Å². The van der Waals surface area contributed by atoms with Crippen LogP contribution in [0, 0.1) is 5.41 Å². The van der Waals surface area contributed by atoms with Crippen LogP contribution < -0.4 is 15.1 Å². The molecule has 0 bridgehead atoms. The van der Waals surface area contributed by atoms with Crippen molar-refractivity contribution in [1.82, 2.24) is 15.3 Å². The summed E-state index contributed by atoms with van der Waals surface area (Å²) in [6.07, 6.45) is 7.21. The summed E-state index contributed by atoms with van der Waals surface area (Å²) in [6.45, 7) is 6.22. The van der Waals surface area contributed by atoms with E-state index in [2.05, 4.69) is 20.1 Å². The van der Waals surface area contributed by atoms with Crippen LogP contribution in [0.25, 0.3) is 0 Å². The quantitative estimate of drug-likeness (QED) is 0.804. The molecule has 1 spiro atoms. The van der Waals surface area contributed by atoms with Gasteiger partial charge in [-0.1, -0.05) is 0 Å². The van der Waals surface area contributed by atoms with Crippen molar-refractivity contribution in [3.8, 4) is 0 Å². The van der Waals surface area contributed by atoms with Gasteiger partial charge in [-0.3, -0.25) is 0 Å². The van der Waals surface area contributed by atoms with Crippen molar-refractivity contribution in [1.29, 1.82) is 0 Å². The molecule has 25 heavy (non-hydrogen) atoms. The van der Waals surface area contributed by atoms with E-state index in [9.17, 15) is 5.11 Å². The Morgan fingerprint density at radius 2 is 1.76 bits per heavy atom. The van der Waals surface area contributed by atoms with Gasteiger partial charge < -0.3 is 20.2 Å². The van der Waals surface area contributed by atoms with E-state index in [0.717, 1.165) is 63.9 Å². The molecule has 0 unspecified atom stereocenters. The molecule has 0 atom stereocenters. The van der Waals surface area contributed by atoms with Crippen LogP contribution in [0.1, 0.15) is 32.1 Å². The molecule has 8 heteroatoms. The largest absolute Gasteiger partial charge is 0.393 e. The lowest BCUT2D eigenvalue weighted by Crippen LogP contribution is -2.39. The van der Waals surface area contributed by atoms with Gasteiger partial charge in [0.2, 0.25) is 5.95 Å². The first kappa shape index (κ1) is 20.5. The highest BCUT2D eigenvalue weighted by Crippen LogP contribution is 2.39. The van der Waals surface area contributed by atoms with Crippen molar-refractivity contribution in [2.75, 3.05) is 49.1 Å². The lowest BCUT2D eigenvalue weighted by atomic mass is 9.78. The zero-order chi connectivity index (χ0) is 15.7. The highest BCUT2D eigenvalue weighted by Gasteiger charge is 2.39. The molecule has 2 N–H and O–H groups in total. The van der Waals surface area contributed by atoms with Crippen molar-refractivity contribution < 1.29 is 5.11 Å². The van der Waals surface area contributed by atoms with Crippen LogP contribution in [-0.2, 0) is 0 Å². The van der Waals surface area contributed by atoms with E-state index >= 15 is 0 Å². The third-order valence-corrected chi connectivity index (χ3v) is 5.80. The van der Waals surface area contributed by atoms with Gasteiger partial charge in [-0.15, -0.1) is 24.8 Å². The summed E-state index contributed by atoms with van der Waals surface area (Å²) in [4.78, 5) is 14.0. The van der Waals surface area contributed by atoms with E-state index in [1.165, 1.54) is 19.3 Å². The number of halogens is 2. The molecule has 3 aliphatic rings. The van der Waals surface area contributed by atoms with E-state index < -0.39 is 0 Å². The number of nitrogens with one attached hydrogen (secondary N) is 1. The van der Waals surface area contributed by atoms with Gasteiger partial charge in [0.1, 0.15) is 5.82 Å². The second kappa shape index (κ2) is 8.71. The molecule has 0 aromatic carbocycles. The molecule has 3 fully saturated rings. The van der Waals surface area contributed by atoms with Crippen LogP contribution in [0.5, 0.6) is 0 Å². The summed E-state index contributed by atoms with van der Waals surface area (Å²) in [7, 11) is 0. The number of aromatic nitrogens is 2. The molecule has 6 nitrogen and oxygen atoms in total. The van der Waals surface area contributed by atoms with Crippen molar-refractivity contribution in [3.63, 3.8) is 0 Å². The first-order chi connectivity index (χ1) is 11.2. The van der Waals surface area contributed by atoms with Crippen LogP contribution in [0.2, 0.25) is 0 Å². The predicted molar refractivity (Wildman–Crippen MR) is 105 cm³/mol. The summed E-state index contributed by atoms with van der Waals surface area (Å²) < 4.78 is 0. The normalized spacial score (nSPS) is 23.2. The van der Waals surface area contributed by atoms with Crippen molar-refractivity contribution >= 4 is 36.6 Å². The fourth-order valence-electron chi connectivity index (χ4n) is 4.23. The number of hydrogen-bond donors (Lipinski definition) is 2. The summed E-state index contributed by atoms with van der Waals surface area (Å²) in [6, 6.07) is 2.00. The number of aliphatic hydroxyl groups is 1. The van der Waals surface area contributed by atoms with Gasteiger partial charge in [0, 0.05) is 32.4 Å². The molecular weight excluding hydrogens is 361 g/mol. The standard InChI is InChI=1S/C17H27N5O.2ClH/c23-14-2-10-21(11-3-14)15-1-7-19-16(20-15)22-12-6-17(13-22)4-8-18-9-5-17;;/h1,7,14,18,23H,2-6,8-13H2;2*1H. The number of piperidine rings is 2. The van der Waals surface area contributed by atoms with Gasteiger partial charge in [0.25, 0.3) is 0 Å². The summed E-state index contributed by atoms with van der Waals surface area (Å²) in [5, 5.41) is 13.1. The molecular formula is C17H29Cl2N5O. The molecule has 4 rings (SSSR count). The Bertz CT molecular complexity index is 548. The van der Waals surface area contributed by atoms with Crippen LogP contribution in [-0.4, -0.2) is 60.4 Å². The van der Waals surface area contributed by atoms with Gasteiger partial charge in [-0.2, -0.15) is 4.98 Å². The molecule has 0 amide bonds. The molecule has 0 radical (unpaired) electrons. The zero-order valence-corrected chi connectivity index (χ0v) is 16.2. The zero-order valence-electron chi connectivity index (χ0n) is 14.6. The van der Waals surface area contributed by atoms with Crippen LogP contribution in [0.4, 0.5) is 11.8 Å².